The van der Waals surface area contributed by atoms with Gasteiger partial charge in [-0.25, -0.2) is 0 Å². The van der Waals surface area contributed by atoms with Crippen LogP contribution in [0.1, 0.15) is 45.4 Å². The third-order valence-electron chi connectivity index (χ3n) is 2.63. The molecule has 1 fully saturated rings. The van der Waals surface area contributed by atoms with E-state index in [9.17, 15) is 4.79 Å². The molecule has 0 aromatic rings. The van der Waals surface area contributed by atoms with E-state index in [1.165, 1.54) is 38.5 Å². The van der Waals surface area contributed by atoms with E-state index in [1.807, 2.05) is 0 Å². The van der Waals surface area contributed by atoms with E-state index in [0.717, 1.165) is 5.92 Å². The molecule has 0 heterocycles. The molecular weight excluding hydrogens is 222 g/mol. The SMILES string of the molecule is CCC1CCCCC1.CNCC(=O)O.O=C=O. The summed E-state index contributed by atoms with van der Waals surface area (Å²) in [6.45, 7) is 2.36. The molecule has 0 radical (unpaired) electrons. The number of nitrogens with one attached hydrogen (secondary N) is 1. The van der Waals surface area contributed by atoms with Crippen LogP contribution in [0.25, 0.3) is 0 Å². The number of likely N-dealkylation sites (N-methyl/N-ethyl adjacent to an activating group) is 1. The van der Waals surface area contributed by atoms with Crippen LogP contribution in [-0.4, -0.2) is 30.8 Å². The van der Waals surface area contributed by atoms with Gasteiger partial charge >= 0.3 is 12.1 Å². The number of hydrogen-bond acceptors (Lipinski definition) is 4. The lowest BCUT2D eigenvalue weighted by molar-refractivity contribution is -0.191. The number of aliphatic carboxylic acids is 1. The van der Waals surface area contributed by atoms with Gasteiger partial charge in [0, 0.05) is 0 Å². The summed E-state index contributed by atoms with van der Waals surface area (Å²) in [4.78, 5) is 25.8. The zero-order valence-electron chi connectivity index (χ0n) is 10.7. The Kier molecular flexibility index (Phi) is 15.8. The summed E-state index contributed by atoms with van der Waals surface area (Å²) in [6, 6.07) is 0. The van der Waals surface area contributed by atoms with Gasteiger partial charge in [0.15, 0.2) is 0 Å². The highest BCUT2D eigenvalue weighted by Gasteiger charge is 2.09. The molecule has 5 nitrogen and oxygen atoms in total. The summed E-state index contributed by atoms with van der Waals surface area (Å²) in [6.07, 6.45) is 9.18. The van der Waals surface area contributed by atoms with Crippen LogP contribution in [0.5, 0.6) is 0 Å². The molecule has 1 rings (SSSR count). The smallest absolute Gasteiger partial charge is 0.373 e. The second-order valence-electron chi connectivity index (χ2n) is 3.92. The molecule has 0 aromatic carbocycles. The molecule has 1 saturated carbocycles. The van der Waals surface area contributed by atoms with E-state index < -0.39 is 5.97 Å². The fourth-order valence-electron chi connectivity index (χ4n) is 1.75. The molecule has 0 unspecified atom stereocenters. The highest BCUT2D eigenvalue weighted by atomic mass is 16.4. The van der Waals surface area contributed by atoms with E-state index in [0.29, 0.717) is 0 Å². The van der Waals surface area contributed by atoms with Gasteiger partial charge in [0.25, 0.3) is 0 Å². The fourth-order valence-corrected chi connectivity index (χ4v) is 1.75. The first-order valence-corrected chi connectivity index (χ1v) is 5.97. The topological polar surface area (TPSA) is 83.5 Å². The molecule has 5 heteroatoms. The van der Waals surface area contributed by atoms with Crippen molar-refractivity contribution in [1.82, 2.24) is 5.32 Å². The lowest BCUT2D eigenvalue weighted by Crippen LogP contribution is -2.16. The summed E-state index contributed by atoms with van der Waals surface area (Å²) in [5.74, 6) is 0.265. The molecule has 0 bridgehead atoms. The average molecular weight is 245 g/mol. The molecule has 1 aliphatic rings. The summed E-state index contributed by atoms with van der Waals surface area (Å²) >= 11 is 0. The zero-order valence-corrected chi connectivity index (χ0v) is 10.7. The highest BCUT2D eigenvalue weighted by Crippen LogP contribution is 2.25. The predicted molar refractivity (Wildman–Crippen MR) is 63.4 cm³/mol. The van der Waals surface area contributed by atoms with Crippen molar-refractivity contribution in [3.05, 3.63) is 0 Å². The summed E-state index contributed by atoms with van der Waals surface area (Å²) in [5, 5.41) is 10.3. The zero-order chi connectivity index (χ0) is 13.5. The number of carboxylic acid groups (broad SMARTS) is 1. The van der Waals surface area contributed by atoms with Crippen molar-refractivity contribution < 1.29 is 19.5 Å². The number of hydrogen-bond donors (Lipinski definition) is 2. The van der Waals surface area contributed by atoms with E-state index >= 15 is 0 Å². The van der Waals surface area contributed by atoms with Crippen LogP contribution in [-0.2, 0) is 14.4 Å². The Labute approximate surface area is 103 Å². The maximum atomic E-state index is 9.54. The van der Waals surface area contributed by atoms with Gasteiger partial charge in [-0.05, 0) is 13.0 Å². The maximum absolute atomic E-state index is 9.54. The lowest BCUT2D eigenvalue weighted by atomic mass is 9.88. The Morgan fingerprint density at radius 2 is 1.76 bits per heavy atom. The van der Waals surface area contributed by atoms with Gasteiger partial charge in [0.1, 0.15) is 0 Å². The molecule has 2 N–H and O–H groups in total. The molecule has 0 saturated heterocycles. The third-order valence-corrected chi connectivity index (χ3v) is 2.63. The first-order valence-electron chi connectivity index (χ1n) is 5.97. The van der Waals surface area contributed by atoms with Crippen LogP contribution < -0.4 is 5.32 Å². The first kappa shape index (κ1) is 18.2. The standard InChI is InChI=1S/C8H16.C3H7NO2.CO2/c1-2-8-6-4-3-5-7-8;1-4-2-3(5)6;2-1-3/h8H,2-7H2,1H3;4H,2H2,1H3,(H,5,6);. The monoisotopic (exact) mass is 245 g/mol. The Morgan fingerprint density at radius 3 is 1.94 bits per heavy atom. The van der Waals surface area contributed by atoms with Crippen molar-refractivity contribution in [3.63, 3.8) is 0 Å². The Balaban J connectivity index is 0. The summed E-state index contributed by atoms with van der Waals surface area (Å²) in [7, 11) is 1.59. The van der Waals surface area contributed by atoms with E-state index in [2.05, 4.69) is 12.2 Å². The molecule has 0 aliphatic heterocycles. The molecule has 0 atom stereocenters. The van der Waals surface area contributed by atoms with E-state index in [1.54, 1.807) is 7.05 Å². The summed E-state index contributed by atoms with van der Waals surface area (Å²) in [5.41, 5.74) is 0. The van der Waals surface area contributed by atoms with Crippen molar-refractivity contribution in [2.24, 2.45) is 5.92 Å². The van der Waals surface area contributed by atoms with Gasteiger partial charge in [0.2, 0.25) is 0 Å². The van der Waals surface area contributed by atoms with Gasteiger partial charge in [-0.3, -0.25) is 4.79 Å². The van der Waals surface area contributed by atoms with Gasteiger partial charge in [-0.2, -0.15) is 9.59 Å². The van der Waals surface area contributed by atoms with Crippen molar-refractivity contribution in [1.29, 1.82) is 0 Å². The maximum Gasteiger partial charge on any atom is 0.373 e. The quantitative estimate of drug-likeness (QED) is 0.790. The lowest BCUT2D eigenvalue weighted by Gasteiger charge is -2.18. The molecular formula is C12H23NO4. The average Bonchev–Trinajstić information content (AvgIpc) is 2.32. The van der Waals surface area contributed by atoms with Gasteiger partial charge in [-0.1, -0.05) is 45.4 Å². The number of carbonyl (C=O) groups is 1. The number of carboxylic acids is 1. The minimum absolute atomic E-state index is 0.0417. The fraction of sp³-hybridized carbons (Fsp3) is 0.833. The molecule has 0 amide bonds. The van der Waals surface area contributed by atoms with Crippen LogP contribution in [0, 0.1) is 5.92 Å². The second kappa shape index (κ2) is 14.8. The first-order chi connectivity index (χ1) is 8.12. The van der Waals surface area contributed by atoms with Gasteiger partial charge < -0.3 is 10.4 Å². The predicted octanol–water partition coefficient (Wildman–Crippen LogP) is 1.68. The molecule has 0 spiro atoms. The van der Waals surface area contributed by atoms with Gasteiger partial charge in [-0.15, -0.1) is 0 Å². The van der Waals surface area contributed by atoms with Gasteiger partial charge in [0.05, 0.1) is 6.54 Å². The van der Waals surface area contributed by atoms with Crippen LogP contribution in [0.3, 0.4) is 0 Å². The minimum atomic E-state index is -0.822. The Bertz CT molecular complexity index is 207. The third kappa shape index (κ3) is 17.4. The van der Waals surface area contributed by atoms with Crippen molar-refractivity contribution in [3.8, 4) is 0 Å². The number of rotatable bonds is 3. The molecule has 1 aliphatic carbocycles. The van der Waals surface area contributed by atoms with E-state index in [-0.39, 0.29) is 12.7 Å². The van der Waals surface area contributed by atoms with Crippen molar-refractivity contribution in [2.45, 2.75) is 45.4 Å². The van der Waals surface area contributed by atoms with Crippen LogP contribution in [0.4, 0.5) is 0 Å². The molecule has 17 heavy (non-hydrogen) atoms. The van der Waals surface area contributed by atoms with Crippen molar-refractivity contribution >= 4 is 12.1 Å². The van der Waals surface area contributed by atoms with Crippen LogP contribution in [0.15, 0.2) is 0 Å². The largest absolute Gasteiger partial charge is 0.480 e. The molecule has 0 aromatic heterocycles. The number of carbonyl (C=O) groups excluding carboxylic acids is 2. The second-order valence-corrected chi connectivity index (χ2v) is 3.92. The van der Waals surface area contributed by atoms with Crippen LogP contribution in [0.2, 0.25) is 0 Å². The summed E-state index contributed by atoms with van der Waals surface area (Å²) < 4.78 is 0. The Morgan fingerprint density at radius 1 is 1.29 bits per heavy atom. The Hall–Kier alpha value is -1.19. The van der Waals surface area contributed by atoms with E-state index in [4.69, 9.17) is 14.7 Å². The van der Waals surface area contributed by atoms with Crippen molar-refractivity contribution in [2.75, 3.05) is 13.6 Å². The normalized spacial score (nSPS) is 14.5. The minimum Gasteiger partial charge on any atom is -0.480 e. The molecule has 100 valence electrons. The highest BCUT2D eigenvalue weighted by molar-refractivity contribution is 5.68. The van der Waals surface area contributed by atoms with Crippen LogP contribution >= 0.6 is 0 Å².